The smallest absolute Gasteiger partial charge is 0.234 e. The molecule has 0 aromatic rings. The lowest BCUT2D eigenvalue weighted by Gasteiger charge is -2.39. The Kier molecular flexibility index (Phi) is 6.10. The van der Waals surface area contributed by atoms with Gasteiger partial charge in [0, 0.05) is 12.1 Å². The first-order valence-corrected chi connectivity index (χ1v) is 6.61. The summed E-state index contributed by atoms with van der Waals surface area (Å²) in [7, 11) is 0. The molecule has 0 bridgehead atoms. The van der Waals surface area contributed by atoms with Crippen molar-refractivity contribution in [2.75, 3.05) is 19.7 Å². The highest BCUT2D eigenvalue weighted by Gasteiger charge is 2.34. The molecular formula is C13H23N3O2. The van der Waals surface area contributed by atoms with E-state index in [9.17, 15) is 9.90 Å². The molecule has 1 saturated carbocycles. The molecule has 2 unspecified atom stereocenters. The highest BCUT2D eigenvalue weighted by molar-refractivity contribution is 5.78. The van der Waals surface area contributed by atoms with Crippen LogP contribution in [0.25, 0.3) is 0 Å². The van der Waals surface area contributed by atoms with Gasteiger partial charge in [-0.1, -0.05) is 19.8 Å². The monoisotopic (exact) mass is 253 g/mol. The Labute approximate surface area is 109 Å². The standard InChI is InChI=1S/C13H23N3O2/c1-11-4-2-5-13(8-11,10-17)16-9-12(18)15-7-3-6-14/h11,16-17H,2-5,7-10H2,1H3,(H,15,18). The Morgan fingerprint density at radius 1 is 1.61 bits per heavy atom. The van der Waals surface area contributed by atoms with Gasteiger partial charge in [0.25, 0.3) is 0 Å². The predicted octanol–water partition coefficient (Wildman–Crippen LogP) is 0.547. The molecule has 0 aromatic carbocycles. The van der Waals surface area contributed by atoms with Crippen LogP contribution >= 0.6 is 0 Å². The van der Waals surface area contributed by atoms with Gasteiger partial charge >= 0.3 is 0 Å². The number of amides is 1. The molecule has 102 valence electrons. The minimum Gasteiger partial charge on any atom is -0.394 e. The van der Waals surface area contributed by atoms with Crippen molar-refractivity contribution in [1.82, 2.24) is 10.6 Å². The quantitative estimate of drug-likeness (QED) is 0.603. The third-order valence-corrected chi connectivity index (χ3v) is 3.58. The van der Waals surface area contributed by atoms with E-state index in [2.05, 4.69) is 17.6 Å². The number of nitrogens with zero attached hydrogens (tertiary/aromatic N) is 1. The van der Waals surface area contributed by atoms with Gasteiger partial charge in [0.05, 0.1) is 25.6 Å². The molecule has 5 heteroatoms. The van der Waals surface area contributed by atoms with Gasteiger partial charge in [-0.15, -0.1) is 0 Å². The second kappa shape index (κ2) is 7.34. The van der Waals surface area contributed by atoms with E-state index in [-0.39, 0.29) is 24.6 Å². The Hall–Kier alpha value is -1.12. The normalized spacial score (nSPS) is 27.5. The Morgan fingerprint density at radius 2 is 2.39 bits per heavy atom. The van der Waals surface area contributed by atoms with E-state index < -0.39 is 0 Å². The van der Waals surface area contributed by atoms with Crippen molar-refractivity contribution in [3.63, 3.8) is 0 Å². The summed E-state index contributed by atoms with van der Waals surface area (Å²) in [5, 5.41) is 23.8. The average molecular weight is 253 g/mol. The second-order valence-electron chi connectivity index (χ2n) is 5.25. The van der Waals surface area contributed by atoms with E-state index in [1.54, 1.807) is 0 Å². The van der Waals surface area contributed by atoms with Crippen LogP contribution in [-0.4, -0.2) is 36.2 Å². The zero-order valence-electron chi connectivity index (χ0n) is 11.0. The first kappa shape index (κ1) is 14.9. The number of carbonyl (C=O) groups excluding carboxylic acids is 1. The zero-order chi connectivity index (χ0) is 13.4. The molecular weight excluding hydrogens is 230 g/mol. The maximum Gasteiger partial charge on any atom is 0.234 e. The van der Waals surface area contributed by atoms with Crippen molar-refractivity contribution in [2.24, 2.45) is 5.92 Å². The summed E-state index contributed by atoms with van der Waals surface area (Å²) in [5.41, 5.74) is -0.301. The molecule has 1 rings (SSSR count). The van der Waals surface area contributed by atoms with Gasteiger partial charge in [-0.3, -0.25) is 4.79 Å². The highest BCUT2D eigenvalue weighted by Crippen LogP contribution is 2.31. The number of nitrogens with one attached hydrogen (secondary N) is 2. The molecule has 0 aromatic heterocycles. The summed E-state index contributed by atoms with van der Waals surface area (Å²) >= 11 is 0. The summed E-state index contributed by atoms with van der Waals surface area (Å²) in [6.45, 7) is 2.85. The van der Waals surface area contributed by atoms with Gasteiger partial charge in [0.15, 0.2) is 0 Å². The van der Waals surface area contributed by atoms with Gasteiger partial charge in [-0.05, 0) is 18.8 Å². The fourth-order valence-corrected chi connectivity index (χ4v) is 2.61. The summed E-state index contributed by atoms with van der Waals surface area (Å²) in [6.07, 6.45) is 4.44. The Morgan fingerprint density at radius 3 is 3.00 bits per heavy atom. The molecule has 0 spiro atoms. The third kappa shape index (κ3) is 4.63. The lowest BCUT2D eigenvalue weighted by molar-refractivity contribution is -0.120. The first-order valence-electron chi connectivity index (χ1n) is 6.61. The van der Waals surface area contributed by atoms with Crippen LogP contribution in [0.1, 0.15) is 39.0 Å². The first-order chi connectivity index (χ1) is 8.62. The summed E-state index contributed by atoms with van der Waals surface area (Å²) < 4.78 is 0. The van der Waals surface area contributed by atoms with Crippen LogP contribution in [-0.2, 0) is 4.79 Å². The minimum absolute atomic E-state index is 0.0722. The van der Waals surface area contributed by atoms with Crippen LogP contribution in [0.15, 0.2) is 0 Å². The van der Waals surface area contributed by atoms with Gasteiger partial charge in [-0.2, -0.15) is 5.26 Å². The van der Waals surface area contributed by atoms with E-state index >= 15 is 0 Å². The van der Waals surface area contributed by atoms with Crippen molar-refractivity contribution in [1.29, 1.82) is 5.26 Å². The predicted molar refractivity (Wildman–Crippen MR) is 68.7 cm³/mol. The van der Waals surface area contributed by atoms with Crippen LogP contribution in [0.5, 0.6) is 0 Å². The van der Waals surface area contributed by atoms with Gasteiger partial charge < -0.3 is 15.7 Å². The minimum atomic E-state index is -0.301. The SMILES string of the molecule is CC1CCCC(CO)(NCC(=O)NCCC#N)C1. The van der Waals surface area contributed by atoms with E-state index in [1.807, 2.05) is 6.07 Å². The fraction of sp³-hybridized carbons (Fsp3) is 0.846. The van der Waals surface area contributed by atoms with Crippen LogP contribution in [0, 0.1) is 17.2 Å². The zero-order valence-corrected chi connectivity index (χ0v) is 11.0. The number of rotatable bonds is 6. The maximum absolute atomic E-state index is 11.5. The third-order valence-electron chi connectivity index (χ3n) is 3.58. The van der Waals surface area contributed by atoms with Crippen LogP contribution in [0.2, 0.25) is 0 Å². The highest BCUT2D eigenvalue weighted by atomic mass is 16.3. The molecule has 0 heterocycles. The van der Waals surface area contributed by atoms with Crippen molar-refractivity contribution in [3.8, 4) is 6.07 Å². The lowest BCUT2D eigenvalue weighted by Crippen LogP contribution is -2.54. The number of hydrogen-bond donors (Lipinski definition) is 3. The van der Waals surface area contributed by atoms with E-state index in [0.717, 1.165) is 19.3 Å². The number of nitriles is 1. The molecule has 3 N–H and O–H groups in total. The van der Waals surface area contributed by atoms with Crippen molar-refractivity contribution < 1.29 is 9.90 Å². The molecule has 5 nitrogen and oxygen atoms in total. The average Bonchev–Trinajstić information content (AvgIpc) is 2.37. The topological polar surface area (TPSA) is 85.2 Å². The maximum atomic E-state index is 11.5. The summed E-state index contributed by atoms with van der Waals surface area (Å²) in [6, 6.07) is 1.98. The van der Waals surface area contributed by atoms with Crippen LogP contribution in [0.3, 0.4) is 0 Å². The molecule has 1 aliphatic carbocycles. The summed E-state index contributed by atoms with van der Waals surface area (Å²) in [4.78, 5) is 11.5. The van der Waals surface area contributed by atoms with E-state index in [1.165, 1.54) is 6.42 Å². The fourth-order valence-electron chi connectivity index (χ4n) is 2.61. The molecule has 1 amide bonds. The Balaban J connectivity index is 2.35. The van der Waals surface area contributed by atoms with Crippen molar-refractivity contribution in [2.45, 2.75) is 44.6 Å². The number of aliphatic hydroxyl groups excluding tert-OH is 1. The Bertz CT molecular complexity index is 314. The van der Waals surface area contributed by atoms with E-state index in [0.29, 0.717) is 18.9 Å². The number of carbonyl (C=O) groups is 1. The summed E-state index contributed by atoms with van der Waals surface area (Å²) in [5.74, 6) is 0.469. The second-order valence-corrected chi connectivity index (χ2v) is 5.25. The largest absolute Gasteiger partial charge is 0.394 e. The molecule has 0 radical (unpaired) electrons. The lowest BCUT2D eigenvalue weighted by atomic mass is 9.77. The van der Waals surface area contributed by atoms with Crippen molar-refractivity contribution >= 4 is 5.91 Å². The van der Waals surface area contributed by atoms with Gasteiger partial charge in [-0.25, -0.2) is 0 Å². The molecule has 0 saturated heterocycles. The molecule has 18 heavy (non-hydrogen) atoms. The number of hydrogen-bond acceptors (Lipinski definition) is 4. The van der Waals surface area contributed by atoms with Gasteiger partial charge in [0.2, 0.25) is 5.91 Å². The van der Waals surface area contributed by atoms with E-state index in [4.69, 9.17) is 5.26 Å². The molecule has 2 atom stereocenters. The molecule has 1 aliphatic rings. The number of aliphatic hydroxyl groups is 1. The van der Waals surface area contributed by atoms with Crippen LogP contribution in [0.4, 0.5) is 0 Å². The van der Waals surface area contributed by atoms with Crippen molar-refractivity contribution in [3.05, 3.63) is 0 Å². The molecule has 1 fully saturated rings. The van der Waals surface area contributed by atoms with Gasteiger partial charge in [0.1, 0.15) is 0 Å². The molecule has 0 aliphatic heterocycles. The van der Waals surface area contributed by atoms with Crippen LogP contribution < -0.4 is 10.6 Å².